The maximum atomic E-state index is 13.5. The van der Waals surface area contributed by atoms with Crippen molar-refractivity contribution in [1.29, 1.82) is 0 Å². The van der Waals surface area contributed by atoms with Gasteiger partial charge in [-0.2, -0.15) is 5.10 Å². The molecule has 4 N–H and O–H groups in total. The second-order valence-electron chi connectivity index (χ2n) is 7.00. The number of aliphatic hydroxyl groups excluding tert-OH is 1. The molecule has 2 aromatic heterocycles. The van der Waals surface area contributed by atoms with Gasteiger partial charge in [-0.05, 0) is 35.9 Å². The second kappa shape index (κ2) is 9.84. The Hall–Kier alpha value is -4.05. The maximum absolute atomic E-state index is 13.5. The highest BCUT2D eigenvalue weighted by Gasteiger charge is 2.10. The van der Waals surface area contributed by atoms with Crippen molar-refractivity contribution >= 4 is 34.4 Å². The minimum atomic E-state index is -0.271. The lowest BCUT2D eigenvalue weighted by Crippen LogP contribution is -2.05. The molecule has 10 heteroatoms. The lowest BCUT2D eigenvalue weighted by Gasteiger charge is -2.10. The fourth-order valence-corrected chi connectivity index (χ4v) is 3.14. The van der Waals surface area contributed by atoms with Crippen LogP contribution in [0.1, 0.15) is 17.5 Å². The topological polar surface area (TPSA) is 123 Å². The summed E-state index contributed by atoms with van der Waals surface area (Å²) in [6, 6.07) is 12.2. The number of hydrogen-bond acceptors (Lipinski definition) is 8. The summed E-state index contributed by atoms with van der Waals surface area (Å²) >= 11 is 0. The molecule has 0 saturated carbocycles. The summed E-state index contributed by atoms with van der Waals surface area (Å²) < 4.78 is 15.3. The standard InChI is InChI=1S/C22H22FN7O2/c23-17-4-1-3-15(9-17)13-30-20-6-5-18(10-16(20)11-27-30)29-22-19(21(24)25-14-26-22)12-28-32-8-2-7-31/h1,3-6,9-12,14,31H,2,7-8,13H2,(H3,24,25,26,29)/b28-12-. The zero-order chi connectivity index (χ0) is 22.3. The van der Waals surface area contributed by atoms with Crippen molar-refractivity contribution in [2.75, 3.05) is 24.3 Å². The lowest BCUT2D eigenvalue weighted by molar-refractivity contribution is 0.125. The second-order valence-corrected chi connectivity index (χ2v) is 7.00. The number of nitrogens with one attached hydrogen (secondary N) is 1. The monoisotopic (exact) mass is 435 g/mol. The van der Waals surface area contributed by atoms with Gasteiger partial charge in [-0.15, -0.1) is 0 Å². The van der Waals surface area contributed by atoms with Crippen LogP contribution in [-0.4, -0.2) is 44.3 Å². The number of benzene rings is 2. The third kappa shape index (κ3) is 4.98. The molecule has 0 fully saturated rings. The summed E-state index contributed by atoms with van der Waals surface area (Å²) in [5.41, 5.74) is 8.99. The van der Waals surface area contributed by atoms with E-state index in [2.05, 4.69) is 25.5 Å². The van der Waals surface area contributed by atoms with Crippen LogP contribution in [0, 0.1) is 5.82 Å². The van der Waals surface area contributed by atoms with Crippen LogP contribution in [0.4, 0.5) is 21.7 Å². The van der Waals surface area contributed by atoms with Crippen molar-refractivity contribution in [2.45, 2.75) is 13.0 Å². The molecule has 4 rings (SSSR count). The Morgan fingerprint density at radius 1 is 1.22 bits per heavy atom. The number of rotatable bonds is 9. The minimum Gasteiger partial charge on any atom is -0.396 e. The Bertz CT molecular complexity index is 1240. The lowest BCUT2D eigenvalue weighted by atomic mass is 10.2. The van der Waals surface area contributed by atoms with E-state index in [-0.39, 0.29) is 18.2 Å². The molecule has 0 aliphatic carbocycles. The molecule has 32 heavy (non-hydrogen) atoms. The molecule has 0 radical (unpaired) electrons. The van der Waals surface area contributed by atoms with E-state index in [1.54, 1.807) is 12.3 Å². The number of fused-ring (bicyclic) bond motifs is 1. The van der Waals surface area contributed by atoms with Crippen molar-refractivity contribution in [3.05, 3.63) is 71.9 Å². The van der Waals surface area contributed by atoms with Gasteiger partial charge < -0.3 is 21.0 Å². The van der Waals surface area contributed by atoms with Crippen LogP contribution in [0.15, 0.2) is 60.1 Å². The Morgan fingerprint density at radius 3 is 2.97 bits per heavy atom. The van der Waals surface area contributed by atoms with Crippen LogP contribution in [0.2, 0.25) is 0 Å². The van der Waals surface area contributed by atoms with E-state index in [0.717, 1.165) is 22.2 Å². The van der Waals surface area contributed by atoms with Crippen LogP contribution < -0.4 is 11.1 Å². The first kappa shape index (κ1) is 21.2. The summed E-state index contributed by atoms with van der Waals surface area (Å²) in [7, 11) is 0. The highest BCUT2D eigenvalue weighted by molar-refractivity contribution is 5.93. The summed E-state index contributed by atoms with van der Waals surface area (Å²) in [6.07, 6.45) is 5.03. The fraction of sp³-hybridized carbons (Fsp3) is 0.182. The molecule has 2 aromatic carbocycles. The number of aromatic nitrogens is 4. The average Bonchev–Trinajstić information content (AvgIpc) is 3.17. The smallest absolute Gasteiger partial charge is 0.144 e. The van der Waals surface area contributed by atoms with Gasteiger partial charge in [0.15, 0.2) is 0 Å². The molecular weight excluding hydrogens is 413 g/mol. The van der Waals surface area contributed by atoms with E-state index in [1.165, 1.54) is 24.7 Å². The van der Waals surface area contributed by atoms with Crippen LogP contribution in [0.25, 0.3) is 10.9 Å². The van der Waals surface area contributed by atoms with Crippen LogP contribution in [0.5, 0.6) is 0 Å². The van der Waals surface area contributed by atoms with E-state index in [9.17, 15) is 4.39 Å². The number of nitrogens with zero attached hydrogens (tertiary/aromatic N) is 5. The molecular formula is C22H22FN7O2. The number of nitrogens with two attached hydrogens (primary N) is 1. The minimum absolute atomic E-state index is 0.0280. The Morgan fingerprint density at radius 2 is 2.12 bits per heavy atom. The first-order valence-corrected chi connectivity index (χ1v) is 9.98. The van der Waals surface area contributed by atoms with Crippen molar-refractivity contribution in [3.8, 4) is 0 Å². The molecule has 9 nitrogen and oxygen atoms in total. The number of oxime groups is 1. The quantitative estimate of drug-likeness (QED) is 0.210. The normalized spacial score (nSPS) is 11.3. The molecule has 4 aromatic rings. The number of nitrogen functional groups attached to an aromatic ring is 1. The largest absolute Gasteiger partial charge is 0.396 e. The van der Waals surface area contributed by atoms with E-state index in [1.807, 2.05) is 28.9 Å². The van der Waals surface area contributed by atoms with Gasteiger partial charge in [-0.1, -0.05) is 17.3 Å². The number of aliphatic hydroxyl groups is 1. The van der Waals surface area contributed by atoms with Gasteiger partial charge in [-0.25, -0.2) is 14.4 Å². The molecule has 0 bridgehead atoms. The molecule has 0 atom stereocenters. The van der Waals surface area contributed by atoms with Crippen molar-refractivity contribution in [2.24, 2.45) is 5.16 Å². The van der Waals surface area contributed by atoms with Gasteiger partial charge in [-0.3, -0.25) is 4.68 Å². The Balaban J connectivity index is 1.53. The van der Waals surface area contributed by atoms with Crippen molar-refractivity contribution < 1.29 is 14.3 Å². The molecule has 0 saturated heterocycles. The van der Waals surface area contributed by atoms with Gasteiger partial charge >= 0.3 is 0 Å². The van der Waals surface area contributed by atoms with Crippen molar-refractivity contribution in [1.82, 2.24) is 19.7 Å². The van der Waals surface area contributed by atoms with E-state index >= 15 is 0 Å². The Labute approximate surface area is 183 Å². The van der Waals surface area contributed by atoms with Gasteiger partial charge in [0.25, 0.3) is 0 Å². The van der Waals surface area contributed by atoms with Gasteiger partial charge in [0, 0.05) is 24.1 Å². The van der Waals surface area contributed by atoms with Gasteiger partial charge in [0.05, 0.1) is 30.0 Å². The molecule has 164 valence electrons. The van der Waals surface area contributed by atoms with E-state index < -0.39 is 0 Å². The summed E-state index contributed by atoms with van der Waals surface area (Å²) in [5.74, 6) is 0.451. The van der Waals surface area contributed by atoms with Gasteiger partial charge in [0.1, 0.15) is 30.4 Å². The van der Waals surface area contributed by atoms with Gasteiger partial charge in [0.2, 0.25) is 0 Å². The Kier molecular flexibility index (Phi) is 6.52. The molecule has 0 aliphatic heterocycles. The molecule has 0 unspecified atom stereocenters. The molecule has 0 aliphatic rings. The predicted octanol–water partition coefficient (Wildman–Crippen LogP) is 3.07. The third-order valence-electron chi connectivity index (χ3n) is 4.69. The number of hydrogen-bond donors (Lipinski definition) is 3. The third-order valence-corrected chi connectivity index (χ3v) is 4.69. The van der Waals surface area contributed by atoms with Crippen LogP contribution in [0.3, 0.4) is 0 Å². The first-order valence-electron chi connectivity index (χ1n) is 9.98. The SMILES string of the molecule is Nc1ncnc(Nc2ccc3c(cnn3Cc3cccc(F)c3)c2)c1/C=N\OCCCO. The highest BCUT2D eigenvalue weighted by atomic mass is 19.1. The summed E-state index contributed by atoms with van der Waals surface area (Å²) in [5, 5.41) is 21.2. The molecule has 0 amide bonds. The average molecular weight is 435 g/mol. The summed E-state index contributed by atoms with van der Waals surface area (Å²) in [4.78, 5) is 13.3. The zero-order valence-electron chi connectivity index (χ0n) is 17.1. The molecule has 2 heterocycles. The molecule has 0 spiro atoms. The first-order chi connectivity index (χ1) is 15.6. The van der Waals surface area contributed by atoms with Crippen LogP contribution >= 0.6 is 0 Å². The van der Waals surface area contributed by atoms with E-state index in [0.29, 0.717) is 31.0 Å². The van der Waals surface area contributed by atoms with Crippen molar-refractivity contribution in [3.63, 3.8) is 0 Å². The number of halogens is 1. The van der Waals surface area contributed by atoms with Crippen LogP contribution in [-0.2, 0) is 11.4 Å². The fourth-order valence-electron chi connectivity index (χ4n) is 3.14. The predicted molar refractivity (Wildman–Crippen MR) is 120 cm³/mol. The van der Waals surface area contributed by atoms with E-state index in [4.69, 9.17) is 15.7 Å². The summed E-state index contributed by atoms with van der Waals surface area (Å²) in [6.45, 7) is 0.785. The highest BCUT2D eigenvalue weighted by Crippen LogP contribution is 2.24. The zero-order valence-corrected chi connectivity index (χ0v) is 17.1. The number of anilines is 3. The maximum Gasteiger partial charge on any atom is 0.144 e.